The van der Waals surface area contributed by atoms with E-state index in [1.807, 2.05) is 5.92 Å². The highest BCUT2D eigenvalue weighted by molar-refractivity contribution is 6.42. The van der Waals surface area contributed by atoms with Gasteiger partial charge in [-0.05, 0) is 42.8 Å². The van der Waals surface area contributed by atoms with Crippen molar-refractivity contribution in [2.24, 2.45) is 0 Å². The summed E-state index contributed by atoms with van der Waals surface area (Å²) >= 11 is 11.6. The second kappa shape index (κ2) is 12.6. The predicted molar refractivity (Wildman–Crippen MR) is 130 cm³/mol. The first-order valence-electron chi connectivity index (χ1n) is 10.9. The molecule has 2 N–H and O–H groups in total. The summed E-state index contributed by atoms with van der Waals surface area (Å²) in [5, 5.41) is 2.56. The molecule has 2 amide bonds. The number of hydrogen-bond donors (Lipinski definition) is 2. The summed E-state index contributed by atoms with van der Waals surface area (Å²) in [5.74, 6) is -5.44. The molecule has 2 rings (SSSR count). The molecule has 0 aromatic heterocycles. The van der Waals surface area contributed by atoms with E-state index in [-0.39, 0.29) is 22.7 Å². The van der Waals surface area contributed by atoms with Gasteiger partial charge >= 0.3 is 18.5 Å². The number of halogens is 12. The lowest BCUT2D eigenvalue weighted by atomic mass is 9.94. The average molecular weight is 637 g/mol. The van der Waals surface area contributed by atoms with E-state index in [1.165, 1.54) is 5.32 Å². The van der Waals surface area contributed by atoms with Crippen molar-refractivity contribution in [2.45, 2.75) is 37.4 Å². The zero-order valence-electron chi connectivity index (χ0n) is 20.3. The van der Waals surface area contributed by atoms with Gasteiger partial charge in [0.1, 0.15) is 24.3 Å². The molecule has 0 aliphatic heterocycles. The fraction of sp³-hybridized carbons (Fsp3) is 0.280. The number of nitrogens with one attached hydrogen (secondary N) is 2. The lowest BCUT2D eigenvalue weighted by Crippen LogP contribution is -2.47. The lowest BCUT2D eigenvalue weighted by Gasteiger charge is -2.20. The van der Waals surface area contributed by atoms with Gasteiger partial charge in [0.15, 0.2) is 0 Å². The molecule has 2 unspecified atom stereocenters. The van der Waals surface area contributed by atoms with Crippen LogP contribution in [0.5, 0.6) is 0 Å². The van der Waals surface area contributed by atoms with Crippen LogP contribution in [0.1, 0.15) is 45.5 Å². The molecule has 2 aromatic rings. The van der Waals surface area contributed by atoms with Gasteiger partial charge in [-0.3, -0.25) is 9.59 Å². The Bertz CT molecular complexity index is 1390. The standard InChI is InChI=1S/C25H16Cl2F10N2O2/c1-3-12-6-14(8-18(26)20(12)27)16(24(32,33)34)9-19(28)13-4-5-15(17(7-13)25(35,36)37)22(41)39-11(2)21(40)38-10-23(29,30)31/h1,4-9,11,16H,10H2,2H3,(H,38,40)(H,39,41)/b19-9-. The fourth-order valence-electron chi connectivity index (χ4n) is 3.32. The molecular weight excluding hydrogens is 621 g/mol. The van der Waals surface area contributed by atoms with Crippen LogP contribution < -0.4 is 10.6 Å². The number of carbonyl (C=O) groups excluding carboxylic acids is 2. The minimum Gasteiger partial charge on any atom is -0.345 e. The summed E-state index contributed by atoms with van der Waals surface area (Å²) in [4.78, 5) is 24.2. The van der Waals surface area contributed by atoms with E-state index in [1.54, 1.807) is 5.32 Å². The van der Waals surface area contributed by atoms with Crippen LogP contribution >= 0.6 is 23.2 Å². The van der Waals surface area contributed by atoms with Gasteiger partial charge in [0, 0.05) is 11.1 Å². The number of benzene rings is 2. The molecule has 41 heavy (non-hydrogen) atoms. The van der Waals surface area contributed by atoms with Crippen LogP contribution in [0, 0.1) is 12.3 Å². The summed E-state index contributed by atoms with van der Waals surface area (Å²) in [6.45, 7) is -0.884. The maximum atomic E-state index is 15.0. The van der Waals surface area contributed by atoms with E-state index in [4.69, 9.17) is 29.6 Å². The smallest absolute Gasteiger partial charge is 0.345 e. The zero-order valence-corrected chi connectivity index (χ0v) is 21.8. The highest BCUT2D eigenvalue weighted by Gasteiger charge is 2.41. The molecule has 0 saturated heterocycles. The third-order valence-corrected chi connectivity index (χ3v) is 6.08. The van der Waals surface area contributed by atoms with Crippen molar-refractivity contribution in [1.29, 1.82) is 0 Å². The topological polar surface area (TPSA) is 58.2 Å². The van der Waals surface area contributed by atoms with Crippen molar-refractivity contribution in [3.8, 4) is 12.3 Å². The molecule has 2 atom stereocenters. The molecule has 0 aliphatic rings. The quantitative estimate of drug-likeness (QED) is 0.245. The van der Waals surface area contributed by atoms with E-state index < -0.39 is 82.0 Å². The van der Waals surface area contributed by atoms with E-state index >= 15 is 4.39 Å². The minimum absolute atomic E-state index is 0.0256. The molecule has 0 fully saturated rings. The Hall–Kier alpha value is -3.44. The highest BCUT2D eigenvalue weighted by atomic mass is 35.5. The zero-order chi connectivity index (χ0) is 31.5. The van der Waals surface area contributed by atoms with Gasteiger partial charge in [-0.1, -0.05) is 35.2 Å². The Balaban J connectivity index is 2.48. The number of terminal acetylenes is 1. The Morgan fingerprint density at radius 2 is 1.63 bits per heavy atom. The number of carbonyl (C=O) groups is 2. The largest absolute Gasteiger partial charge is 0.417 e. The van der Waals surface area contributed by atoms with Crippen LogP contribution in [0.3, 0.4) is 0 Å². The first-order chi connectivity index (χ1) is 18.7. The Morgan fingerprint density at radius 1 is 1.02 bits per heavy atom. The molecular formula is C25H16Cl2F10N2O2. The molecule has 0 aliphatic carbocycles. The Morgan fingerprint density at radius 3 is 2.15 bits per heavy atom. The molecule has 0 radical (unpaired) electrons. The highest BCUT2D eigenvalue weighted by Crippen LogP contribution is 2.42. The van der Waals surface area contributed by atoms with Crippen molar-refractivity contribution in [3.63, 3.8) is 0 Å². The molecule has 0 saturated carbocycles. The maximum absolute atomic E-state index is 15.0. The first kappa shape index (κ1) is 33.8. The number of rotatable bonds is 7. The second-order valence-electron chi connectivity index (χ2n) is 8.33. The lowest BCUT2D eigenvalue weighted by molar-refractivity contribution is -0.140. The van der Waals surface area contributed by atoms with Gasteiger partial charge in [-0.2, -0.15) is 39.5 Å². The van der Waals surface area contributed by atoms with Crippen LogP contribution in [-0.2, 0) is 11.0 Å². The van der Waals surface area contributed by atoms with E-state index in [2.05, 4.69) is 0 Å². The third kappa shape index (κ3) is 9.02. The minimum atomic E-state index is -5.35. The number of allylic oxidation sites excluding steroid dienone is 1. The van der Waals surface area contributed by atoms with Crippen LogP contribution in [0.4, 0.5) is 43.9 Å². The van der Waals surface area contributed by atoms with Crippen molar-refractivity contribution < 1.29 is 53.5 Å². The summed E-state index contributed by atoms with van der Waals surface area (Å²) in [5.41, 5.74) is -4.91. The van der Waals surface area contributed by atoms with Gasteiger partial charge in [-0.25, -0.2) is 4.39 Å². The van der Waals surface area contributed by atoms with Crippen molar-refractivity contribution in [1.82, 2.24) is 10.6 Å². The summed E-state index contributed by atoms with van der Waals surface area (Å²) in [6, 6.07) is 0.890. The molecule has 4 nitrogen and oxygen atoms in total. The van der Waals surface area contributed by atoms with Crippen LogP contribution in [0.2, 0.25) is 10.0 Å². The number of alkyl halides is 9. The molecule has 222 valence electrons. The molecule has 16 heteroatoms. The second-order valence-corrected chi connectivity index (χ2v) is 9.11. The van der Waals surface area contributed by atoms with Gasteiger partial charge in [0.2, 0.25) is 5.91 Å². The van der Waals surface area contributed by atoms with Gasteiger partial charge < -0.3 is 10.6 Å². The van der Waals surface area contributed by atoms with E-state index in [0.717, 1.165) is 19.1 Å². The summed E-state index contributed by atoms with van der Waals surface area (Å²) in [7, 11) is 0. The third-order valence-electron chi connectivity index (χ3n) is 5.28. The average Bonchev–Trinajstić information content (AvgIpc) is 2.85. The molecule has 2 aromatic carbocycles. The van der Waals surface area contributed by atoms with Crippen molar-refractivity contribution in [2.75, 3.05) is 6.54 Å². The Labute approximate surface area is 235 Å². The summed E-state index contributed by atoms with van der Waals surface area (Å²) in [6.07, 6.45) is -10.2. The number of hydrogen-bond acceptors (Lipinski definition) is 2. The van der Waals surface area contributed by atoms with E-state index in [0.29, 0.717) is 12.1 Å². The van der Waals surface area contributed by atoms with Crippen LogP contribution in [0.15, 0.2) is 36.4 Å². The monoisotopic (exact) mass is 636 g/mol. The van der Waals surface area contributed by atoms with Crippen LogP contribution in [0.25, 0.3) is 5.83 Å². The van der Waals surface area contributed by atoms with Gasteiger partial charge in [0.25, 0.3) is 5.91 Å². The van der Waals surface area contributed by atoms with Crippen LogP contribution in [-0.4, -0.2) is 36.8 Å². The van der Waals surface area contributed by atoms with Crippen molar-refractivity contribution >= 4 is 40.8 Å². The Kier molecular flexibility index (Phi) is 10.4. The molecule has 0 heterocycles. The first-order valence-corrected chi connectivity index (χ1v) is 11.7. The molecule has 0 spiro atoms. The molecule has 0 bridgehead atoms. The van der Waals surface area contributed by atoms with E-state index in [9.17, 15) is 49.1 Å². The summed E-state index contributed by atoms with van der Waals surface area (Å²) < 4.78 is 134. The maximum Gasteiger partial charge on any atom is 0.417 e. The SMILES string of the molecule is C#Cc1cc(C(/C=C(\F)c2ccc(C(=O)NC(C)C(=O)NCC(F)(F)F)c(C(F)(F)F)c2)C(F)(F)F)cc(Cl)c1Cl. The predicted octanol–water partition coefficient (Wildman–Crippen LogP) is 7.45. The van der Waals surface area contributed by atoms with Crippen molar-refractivity contribution in [3.05, 3.63) is 74.3 Å². The fourth-order valence-corrected chi connectivity index (χ4v) is 3.71. The van der Waals surface area contributed by atoms with Gasteiger partial charge in [-0.15, -0.1) is 6.42 Å². The normalized spacial score (nSPS) is 14.2. The van der Waals surface area contributed by atoms with Gasteiger partial charge in [0.05, 0.1) is 21.2 Å². The number of amides is 2.